The molecule has 5 heteroatoms. The van der Waals surface area contributed by atoms with Crippen molar-refractivity contribution < 1.29 is 9.90 Å². The lowest BCUT2D eigenvalue weighted by atomic mass is 9.96. The van der Waals surface area contributed by atoms with E-state index < -0.39 is 5.60 Å². The largest absolute Gasteiger partial charge is 0.399 e. The number of amides is 1. The molecule has 18 heavy (non-hydrogen) atoms. The fourth-order valence-corrected chi connectivity index (χ4v) is 2.36. The summed E-state index contributed by atoms with van der Waals surface area (Å²) < 4.78 is 0. The van der Waals surface area contributed by atoms with Gasteiger partial charge in [0.05, 0.1) is 18.7 Å². The zero-order chi connectivity index (χ0) is 12.9. The number of carbonyl (C=O) groups excluding carboxylic acids is 1. The van der Waals surface area contributed by atoms with E-state index in [2.05, 4.69) is 4.98 Å². The molecular formula is C13H15N3O2. The average Bonchev–Trinajstić information content (AvgIpc) is 2.67. The smallest absolute Gasteiger partial charge is 0.270 e. The van der Waals surface area contributed by atoms with E-state index in [1.807, 2.05) is 12.1 Å². The quantitative estimate of drug-likeness (QED) is 0.654. The lowest BCUT2D eigenvalue weighted by molar-refractivity contribution is -0.0670. The van der Waals surface area contributed by atoms with Gasteiger partial charge in [-0.2, -0.15) is 0 Å². The van der Waals surface area contributed by atoms with Gasteiger partial charge in [0.25, 0.3) is 5.91 Å². The van der Waals surface area contributed by atoms with Gasteiger partial charge in [-0.1, -0.05) is 0 Å². The van der Waals surface area contributed by atoms with Crippen molar-refractivity contribution in [3.63, 3.8) is 0 Å². The van der Waals surface area contributed by atoms with Crippen molar-refractivity contribution in [3.05, 3.63) is 30.0 Å². The molecule has 0 unspecified atom stereocenters. The Labute approximate surface area is 104 Å². The van der Waals surface area contributed by atoms with Gasteiger partial charge in [-0.15, -0.1) is 0 Å². The van der Waals surface area contributed by atoms with Crippen LogP contribution >= 0.6 is 0 Å². The van der Waals surface area contributed by atoms with Crippen molar-refractivity contribution in [3.8, 4) is 0 Å². The third-order valence-electron chi connectivity index (χ3n) is 3.23. The van der Waals surface area contributed by atoms with Crippen LogP contribution in [0.5, 0.6) is 0 Å². The molecule has 94 valence electrons. The topological polar surface area (TPSA) is 82.3 Å². The van der Waals surface area contributed by atoms with Gasteiger partial charge in [0.15, 0.2) is 0 Å². The number of H-pyrrole nitrogens is 1. The van der Waals surface area contributed by atoms with Gasteiger partial charge in [-0.05, 0) is 31.2 Å². The van der Waals surface area contributed by atoms with E-state index in [0.717, 1.165) is 10.9 Å². The molecule has 0 atom stereocenters. The van der Waals surface area contributed by atoms with Crippen LogP contribution in [0.4, 0.5) is 5.69 Å². The molecule has 0 spiro atoms. The van der Waals surface area contributed by atoms with Crippen LogP contribution in [0, 0.1) is 0 Å². The molecule has 1 aromatic carbocycles. The number of likely N-dealkylation sites (tertiary alicyclic amines) is 1. The Morgan fingerprint density at radius 3 is 2.83 bits per heavy atom. The zero-order valence-electron chi connectivity index (χ0n) is 10.1. The van der Waals surface area contributed by atoms with Crippen LogP contribution in [-0.2, 0) is 0 Å². The fraction of sp³-hybridized carbons (Fsp3) is 0.308. The summed E-state index contributed by atoms with van der Waals surface area (Å²) in [6, 6.07) is 7.27. The molecule has 2 aromatic rings. The Bertz CT molecular complexity index is 622. The molecule has 0 aliphatic carbocycles. The maximum absolute atomic E-state index is 12.1. The number of hydrogen-bond acceptors (Lipinski definition) is 3. The van der Waals surface area contributed by atoms with Crippen LogP contribution in [0.2, 0.25) is 0 Å². The van der Waals surface area contributed by atoms with E-state index in [1.165, 1.54) is 0 Å². The lowest BCUT2D eigenvalue weighted by Gasteiger charge is -2.43. The van der Waals surface area contributed by atoms with Gasteiger partial charge < -0.3 is 20.7 Å². The highest BCUT2D eigenvalue weighted by molar-refractivity contribution is 5.99. The molecule has 0 bridgehead atoms. The van der Waals surface area contributed by atoms with Crippen molar-refractivity contribution in [1.82, 2.24) is 9.88 Å². The summed E-state index contributed by atoms with van der Waals surface area (Å²) in [5, 5.41) is 10.6. The summed E-state index contributed by atoms with van der Waals surface area (Å²) in [7, 11) is 0. The van der Waals surface area contributed by atoms with Gasteiger partial charge >= 0.3 is 0 Å². The van der Waals surface area contributed by atoms with Crippen molar-refractivity contribution in [2.24, 2.45) is 0 Å². The minimum Gasteiger partial charge on any atom is -0.399 e. The van der Waals surface area contributed by atoms with Crippen LogP contribution in [0.1, 0.15) is 17.4 Å². The second kappa shape index (κ2) is 3.49. The van der Waals surface area contributed by atoms with Crippen LogP contribution in [0.25, 0.3) is 10.9 Å². The van der Waals surface area contributed by atoms with Crippen LogP contribution < -0.4 is 5.73 Å². The summed E-state index contributed by atoms with van der Waals surface area (Å²) in [6.07, 6.45) is 0. The van der Waals surface area contributed by atoms with E-state index in [0.29, 0.717) is 24.5 Å². The monoisotopic (exact) mass is 245 g/mol. The van der Waals surface area contributed by atoms with Gasteiger partial charge in [0.1, 0.15) is 5.69 Å². The third kappa shape index (κ3) is 1.73. The van der Waals surface area contributed by atoms with Crippen molar-refractivity contribution in [2.45, 2.75) is 12.5 Å². The Balaban J connectivity index is 1.88. The highest BCUT2D eigenvalue weighted by Gasteiger charge is 2.40. The number of rotatable bonds is 1. The molecule has 0 saturated carbocycles. The molecule has 1 fully saturated rings. The van der Waals surface area contributed by atoms with E-state index in [1.54, 1.807) is 24.0 Å². The molecule has 2 heterocycles. The SMILES string of the molecule is CC1(O)CN(C(=O)c2cc3cc(N)ccc3[nH]2)C1. The fourth-order valence-electron chi connectivity index (χ4n) is 2.36. The van der Waals surface area contributed by atoms with E-state index in [4.69, 9.17) is 5.73 Å². The van der Waals surface area contributed by atoms with Gasteiger partial charge in [0.2, 0.25) is 0 Å². The number of nitrogens with one attached hydrogen (secondary N) is 1. The molecule has 5 nitrogen and oxygen atoms in total. The van der Waals surface area contributed by atoms with E-state index >= 15 is 0 Å². The van der Waals surface area contributed by atoms with Gasteiger partial charge in [0, 0.05) is 16.6 Å². The van der Waals surface area contributed by atoms with Crippen LogP contribution in [0.3, 0.4) is 0 Å². The lowest BCUT2D eigenvalue weighted by Crippen LogP contribution is -2.61. The highest BCUT2D eigenvalue weighted by atomic mass is 16.3. The maximum atomic E-state index is 12.1. The second-order valence-corrected chi connectivity index (χ2v) is 5.19. The number of aromatic nitrogens is 1. The first kappa shape index (κ1) is 11.1. The summed E-state index contributed by atoms with van der Waals surface area (Å²) in [4.78, 5) is 16.8. The summed E-state index contributed by atoms with van der Waals surface area (Å²) in [5.41, 5.74) is 7.05. The number of nitrogens with zero attached hydrogens (tertiary/aromatic N) is 1. The number of aliphatic hydroxyl groups is 1. The third-order valence-corrected chi connectivity index (χ3v) is 3.23. The number of nitrogen functional groups attached to an aromatic ring is 1. The predicted molar refractivity (Wildman–Crippen MR) is 69.2 cm³/mol. The normalized spacial score (nSPS) is 17.8. The van der Waals surface area contributed by atoms with Gasteiger partial charge in [-0.25, -0.2) is 0 Å². The summed E-state index contributed by atoms with van der Waals surface area (Å²) in [6.45, 7) is 2.48. The van der Waals surface area contributed by atoms with E-state index in [-0.39, 0.29) is 5.91 Å². The Hall–Kier alpha value is -2.01. The van der Waals surface area contributed by atoms with Crippen LogP contribution in [0.15, 0.2) is 24.3 Å². The summed E-state index contributed by atoms with van der Waals surface area (Å²) >= 11 is 0. The molecular weight excluding hydrogens is 230 g/mol. The predicted octanol–water partition coefficient (Wildman–Crippen LogP) is 0.957. The van der Waals surface area contributed by atoms with Gasteiger partial charge in [-0.3, -0.25) is 4.79 Å². The van der Waals surface area contributed by atoms with Crippen molar-refractivity contribution >= 4 is 22.5 Å². The first-order valence-electron chi connectivity index (χ1n) is 5.84. The number of anilines is 1. The number of nitrogens with two attached hydrogens (primary N) is 1. The first-order chi connectivity index (χ1) is 8.44. The molecule has 1 amide bonds. The molecule has 1 saturated heterocycles. The number of hydrogen-bond donors (Lipinski definition) is 3. The second-order valence-electron chi connectivity index (χ2n) is 5.19. The van der Waals surface area contributed by atoms with Crippen LogP contribution in [-0.4, -0.2) is 39.6 Å². The Kier molecular flexibility index (Phi) is 2.15. The first-order valence-corrected chi connectivity index (χ1v) is 5.84. The summed E-state index contributed by atoms with van der Waals surface area (Å²) in [5.74, 6) is -0.0868. The number of β-amino-alcohol motifs (C(OH)–C–C–N with tert-alkyl or cyclic N) is 1. The average molecular weight is 245 g/mol. The molecule has 4 N–H and O–H groups in total. The van der Waals surface area contributed by atoms with E-state index in [9.17, 15) is 9.90 Å². The maximum Gasteiger partial charge on any atom is 0.270 e. The number of carbonyl (C=O) groups is 1. The number of fused-ring (bicyclic) bond motifs is 1. The van der Waals surface area contributed by atoms with Crippen molar-refractivity contribution in [2.75, 3.05) is 18.8 Å². The molecule has 1 aliphatic rings. The standard InChI is InChI=1S/C13H15N3O2/c1-13(18)6-16(7-13)12(17)11-5-8-4-9(14)2-3-10(8)15-11/h2-5,15,18H,6-7,14H2,1H3. The minimum atomic E-state index is -0.744. The zero-order valence-corrected chi connectivity index (χ0v) is 10.1. The molecule has 3 rings (SSSR count). The molecule has 1 aromatic heterocycles. The van der Waals surface area contributed by atoms with Crippen molar-refractivity contribution in [1.29, 1.82) is 0 Å². The Morgan fingerprint density at radius 2 is 2.17 bits per heavy atom. The minimum absolute atomic E-state index is 0.0868. The number of benzene rings is 1. The number of aromatic amines is 1. The Morgan fingerprint density at radius 1 is 1.44 bits per heavy atom. The molecule has 0 radical (unpaired) electrons. The molecule has 1 aliphatic heterocycles. The highest BCUT2D eigenvalue weighted by Crippen LogP contribution is 2.24.